The minimum Gasteiger partial charge on any atom is -0.325 e. The Balaban J connectivity index is 0.00000242. The van der Waals surface area contributed by atoms with Crippen molar-refractivity contribution in [1.82, 2.24) is 5.32 Å². The average molecular weight is 346 g/mol. The van der Waals surface area contributed by atoms with E-state index in [4.69, 9.17) is 11.6 Å². The van der Waals surface area contributed by atoms with Crippen LogP contribution in [0.3, 0.4) is 0 Å². The zero-order chi connectivity index (χ0) is 15.4. The molecule has 1 aliphatic rings. The van der Waals surface area contributed by atoms with Crippen molar-refractivity contribution in [2.75, 3.05) is 17.2 Å². The largest absolute Gasteiger partial charge is 0.325 e. The minimum absolute atomic E-state index is 0. The van der Waals surface area contributed by atoms with Gasteiger partial charge < -0.3 is 16.0 Å². The molecule has 1 heterocycles. The molecule has 5 nitrogen and oxygen atoms in total. The predicted molar refractivity (Wildman–Crippen MR) is 91.8 cm³/mol. The number of carbonyl (C=O) groups excluding carboxylic acids is 2. The highest BCUT2D eigenvalue weighted by atomic mass is 35.5. The van der Waals surface area contributed by atoms with Gasteiger partial charge in [-0.3, -0.25) is 9.59 Å². The van der Waals surface area contributed by atoms with E-state index in [1.165, 1.54) is 6.92 Å². The second kappa shape index (κ2) is 8.36. The van der Waals surface area contributed by atoms with Crippen LogP contribution in [0.1, 0.15) is 26.7 Å². The van der Waals surface area contributed by atoms with E-state index in [1.54, 1.807) is 18.2 Å². The first-order valence-electron chi connectivity index (χ1n) is 7.07. The molecule has 0 spiro atoms. The number of halogens is 2. The molecule has 122 valence electrons. The summed E-state index contributed by atoms with van der Waals surface area (Å²) in [4.78, 5) is 23.6. The number of hydrogen-bond acceptors (Lipinski definition) is 3. The highest BCUT2D eigenvalue weighted by molar-refractivity contribution is 6.31. The molecule has 2 rings (SSSR count). The maximum absolute atomic E-state index is 12.4. The molecule has 2 atom stereocenters. The second-order valence-electron chi connectivity index (χ2n) is 5.44. The van der Waals surface area contributed by atoms with Crippen molar-refractivity contribution < 1.29 is 9.59 Å². The fraction of sp³-hybridized carbons (Fsp3) is 0.467. The van der Waals surface area contributed by atoms with Gasteiger partial charge in [0.05, 0.1) is 11.4 Å². The Morgan fingerprint density at radius 1 is 1.27 bits per heavy atom. The lowest BCUT2D eigenvalue weighted by atomic mass is 9.92. The summed E-state index contributed by atoms with van der Waals surface area (Å²) < 4.78 is 0. The second-order valence-corrected chi connectivity index (χ2v) is 5.87. The Bertz CT molecular complexity index is 552. The Hall–Kier alpha value is -1.30. The first-order valence-corrected chi connectivity index (χ1v) is 7.45. The third-order valence-corrected chi connectivity index (χ3v) is 3.78. The highest BCUT2D eigenvalue weighted by Crippen LogP contribution is 2.27. The number of benzene rings is 1. The smallest absolute Gasteiger partial charge is 0.227 e. The first kappa shape index (κ1) is 18.7. The number of piperidine rings is 1. The van der Waals surface area contributed by atoms with Gasteiger partial charge in [-0.2, -0.15) is 0 Å². The zero-order valence-corrected chi connectivity index (χ0v) is 14.2. The van der Waals surface area contributed by atoms with E-state index in [2.05, 4.69) is 22.9 Å². The average Bonchev–Trinajstić information content (AvgIpc) is 2.41. The van der Waals surface area contributed by atoms with Crippen molar-refractivity contribution in [2.45, 2.75) is 32.7 Å². The van der Waals surface area contributed by atoms with Crippen molar-refractivity contribution in [3.8, 4) is 0 Å². The lowest BCUT2D eigenvalue weighted by Gasteiger charge is -2.27. The van der Waals surface area contributed by atoms with E-state index in [-0.39, 0.29) is 30.1 Å². The van der Waals surface area contributed by atoms with Gasteiger partial charge in [0.1, 0.15) is 0 Å². The number of amides is 2. The van der Waals surface area contributed by atoms with Crippen LogP contribution >= 0.6 is 24.0 Å². The van der Waals surface area contributed by atoms with Crippen LogP contribution in [0, 0.1) is 5.92 Å². The molecule has 1 saturated heterocycles. The monoisotopic (exact) mass is 345 g/mol. The fourth-order valence-electron chi connectivity index (χ4n) is 2.52. The van der Waals surface area contributed by atoms with Crippen LogP contribution in [0.15, 0.2) is 18.2 Å². The Labute approximate surface area is 141 Å². The van der Waals surface area contributed by atoms with Crippen LogP contribution in [-0.2, 0) is 9.59 Å². The topological polar surface area (TPSA) is 70.2 Å². The summed E-state index contributed by atoms with van der Waals surface area (Å²) in [5, 5.41) is 9.41. The Morgan fingerprint density at radius 2 is 2.00 bits per heavy atom. The van der Waals surface area contributed by atoms with E-state index in [9.17, 15) is 9.59 Å². The van der Waals surface area contributed by atoms with Crippen LogP contribution in [0.5, 0.6) is 0 Å². The Kier molecular flexibility index (Phi) is 7.13. The van der Waals surface area contributed by atoms with Gasteiger partial charge in [-0.15, -0.1) is 12.4 Å². The van der Waals surface area contributed by atoms with Gasteiger partial charge in [0.15, 0.2) is 0 Å². The van der Waals surface area contributed by atoms with E-state index in [0.717, 1.165) is 19.4 Å². The molecule has 2 amide bonds. The quantitative estimate of drug-likeness (QED) is 0.788. The van der Waals surface area contributed by atoms with Crippen LogP contribution in [0.2, 0.25) is 5.02 Å². The lowest BCUT2D eigenvalue weighted by molar-refractivity contribution is -0.121. The van der Waals surface area contributed by atoms with Crippen LogP contribution in [0.25, 0.3) is 0 Å². The summed E-state index contributed by atoms with van der Waals surface area (Å²) in [6.07, 6.45) is 1.62. The SMILES string of the molecule is CC(=O)Nc1ccc(Cl)cc1NC(=O)[C@H]1CCN[C@@H](C)C1.Cl. The van der Waals surface area contributed by atoms with E-state index in [1.807, 2.05) is 0 Å². The fourth-order valence-corrected chi connectivity index (χ4v) is 2.70. The normalized spacial score (nSPS) is 20.7. The number of anilines is 2. The van der Waals surface area contributed by atoms with Crippen LogP contribution < -0.4 is 16.0 Å². The molecule has 3 N–H and O–H groups in total. The zero-order valence-electron chi connectivity index (χ0n) is 12.6. The van der Waals surface area contributed by atoms with Crippen molar-refractivity contribution >= 4 is 47.2 Å². The molecule has 0 aliphatic carbocycles. The number of hydrogen-bond donors (Lipinski definition) is 3. The van der Waals surface area contributed by atoms with Gasteiger partial charge in [-0.1, -0.05) is 11.6 Å². The van der Waals surface area contributed by atoms with Crippen molar-refractivity contribution in [3.05, 3.63) is 23.2 Å². The maximum atomic E-state index is 12.4. The van der Waals surface area contributed by atoms with Gasteiger partial charge in [0.25, 0.3) is 0 Å². The maximum Gasteiger partial charge on any atom is 0.227 e. The van der Waals surface area contributed by atoms with Gasteiger partial charge in [-0.05, 0) is 44.5 Å². The Morgan fingerprint density at radius 3 is 2.64 bits per heavy atom. The van der Waals surface area contributed by atoms with E-state index < -0.39 is 0 Å². The predicted octanol–water partition coefficient (Wildman–Crippen LogP) is 3.05. The summed E-state index contributed by atoms with van der Waals surface area (Å²) in [6.45, 7) is 4.34. The third-order valence-electron chi connectivity index (χ3n) is 3.54. The van der Waals surface area contributed by atoms with Crippen LogP contribution in [-0.4, -0.2) is 24.4 Å². The molecule has 1 aliphatic heterocycles. The summed E-state index contributed by atoms with van der Waals surface area (Å²) in [5.74, 6) is -0.245. The van der Waals surface area contributed by atoms with Gasteiger partial charge in [0, 0.05) is 23.9 Å². The van der Waals surface area contributed by atoms with Gasteiger partial charge in [0.2, 0.25) is 11.8 Å². The summed E-state index contributed by atoms with van der Waals surface area (Å²) >= 11 is 5.97. The molecular formula is C15H21Cl2N3O2. The molecule has 0 unspecified atom stereocenters. The molecule has 0 bridgehead atoms. The molecule has 1 aromatic carbocycles. The molecule has 0 saturated carbocycles. The van der Waals surface area contributed by atoms with Crippen molar-refractivity contribution in [1.29, 1.82) is 0 Å². The standard InChI is InChI=1S/C15H20ClN3O2.ClH/c1-9-7-11(5-6-17-9)15(21)19-14-8-12(16)3-4-13(14)18-10(2)20;/h3-4,8-9,11,17H,5-7H2,1-2H3,(H,18,20)(H,19,21);1H/t9-,11-;/m0./s1. The molecule has 1 fully saturated rings. The summed E-state index contributed by atoms with van der Waals surface area (Å²) in [7, 11) is 0. The molecule has 0 aromatic heterocycles. The molecule has 22 heavy (non-hydrogen) atoms. The molecule has 0 radical (unpaired) electrons. The number of nitrogens with one attached hydrogen (secondary N) is 3. The first-order chi connectivity index (χ1) is 9.95. The van der Waals surface area contributed by atoms with Gasteiger partial charge in [-0.25, -0.2) is 0 Å². The molecular weight excluding hydrogens is 325 g/mol. The van der Waals surface area contributed by atoms with E-state index >= 15 is 0 Å². The summed E-state index contributed by atoms with van der Waals surface area (Å²) in [5.41, 5.74) is 1.09. The third kappa shape index (κ3) is 5.16. The number of carbonyl (C=O) groups is 2. The number of rotatable bonds is 3. The van der Waals surface area contributed by atoms with E-state index in [0.29, 0.717) is 22.4 Å². The minimum atomic E-state index is -0.191. The highest BCUT2D eigenvalue weighted by Gasteiger charge is 2.25. The summed E-state index contributed by atoms with van der Waals surface area (Å²) in [6, 6.07) is 5.35. The molecule has 7 heteroatoms. The van der Waals surface area contributed by atoms with Gasteiger partial charge >= 0.3 is 0 Å². The molecule has 1 aromatic rings. The van der Waals surface area contributed by atoms with Crippen molar-refractivity contribution in [2.24, 2.45) is 5.92 Å². The van der Waals surface area contributed by atoms with Crippen molar-refractivity contribution in [3.63, 3.8) is 0 Å². The lowest BCUT2D eigenvalue weighted by Crippen LogP contribution is -2.40. The van der Waals surface area contributed by atoms with Crippen LogP contribution in [0.4, 0.5) is 11.4 Å².